The molecule has 0 aromatic carbocycles. The first kappa shape index (κ1) is 21.5. The minimum atomic E-state index is -4.41. The standard InChI is InChI=1S/C13H21F3N4.2ClH/c1-12(2,17)8-20-10(9-4-5-19(3)7-9)6-11(18-20)13(14,15)16;;/h6,9H,4-5,7-8,17H2,1-3H3;2*1H. The second-order valence-electron chi connectivity index (χ2n) is 6.35. The number of rotatable bonds is 3. The van der Waals surface area contributed by atoms with Crippen LogP contribution in [0.4, 0.5) is 13.2 Å². The Morgan fingerprint density at radius 1 is 1.32 bits per heavy atom. The summed E-state index contributed by atoms with van der Waals surface area (Å²) >= 11 is 0. The molecule has 1 aliphatic heterocycles. The fourth-order valence-corrected chi connectivity index (χ4v) is 2.59. The number of nitrogens with zero attached hydrogens (tertiary/aromatic N) is 3. The number of nitrogens with two attached hydrogens (primary N) is 1. The van der Waals surface area contributed by atoms with Crippen molar-refractivity contribution in [1.82, 2.24) is 14.7 Å². The summed E-state index contributed by atoms with van der Waals surface area (Å²) in [5.74, 6) is 0.0888. The predicted octanol–water partition coefficient (Wildman–Crippen LogP) is 2.90. The van der Waals surface area contributed by atoms with Gasteiger partial charge in [-0.05, 0) is 39.9 Å². The number of hydrogen-bond donors (Lipinski definition) is 1. The summed E-state index contributed by atoms with van der Waals surface area (Å²) in [6.07, 6.45) is -3.56. The largest absolute Gasteiger partial charge is 0.435 e. The molecule has 1 unspecified atom stereocenters. The summed E-state index contributed by atoms with van der Waals surface area (Å²) < 4.78 is 40.0. The summed E-state index contributed by atoms with van der Waals surface area (Å²) in [5.41, 5.74) is 5.14. The SMILES string of the molecule is CN1CCC(c2cc(C(F)(F)F)nn2CC(C)(C)N)C1.Cl.Cl. The number of alkyl halides is 3. The van der Waals surface area contributed by atoms with Crippen molar-refractivity contribution in [2.24, 2.45) is 5.73 Å². The van der Waals surface area contributed by atoms with E-state index in [9.17, 15) is 13.2 Å². The van der Waals surface area contributed by atoms with Gasteiger partial charge in [-0.1, -0.05) is 0 Å². The molecule has 0 bridgehead atoms. The summed E-state index contributed by atoms with van der Waals surface area (Å²) in [6.45, 7) is 5.49. The van der Waals surface area contributed by atoms with Gasteiger partial charge in [0.05, 0.1) is 6.54 Å². The molecule has 130 valence electrons. The van der Waals surface area contributed by atoms with E-state index in [0.717, 1.165) is 19.5 Å². The smallest absolute Gasteiger partial charge is 0.324 e. The lowest BCUT2D eigenvalue weighted by Crippen LogP contribution is -2.38. The second kappa shape index (κ2) is 7.38. The van der Waals surface area contributed by atoms with Gasteiger partial charge in [0.25, 0.3) is 0 Å². The van der Waals surface area contributed by atoms with E-state index in [1.54, 1.807) is 13.8 Å². The van der Waals surface area contributed by atoms with E-state index in [-0.39, 0.29) is 37.3 Å². The van der Waals surface area contributed by atoms with E-state index in [2.05, 4.69) is 10.00 Å². The minimum absolute atomic E-state index is 0. The monoisotopic (exact) mass is 362 g/mol. The normalized spacial score (nSPS) is 19.7. The van der Waals surface area contributed by atoms with Gasteiger partial charge in [-0.25, -0.2) is 0 Å². The molecular formula is C13H23Cl2F3N4. The van der Waals surface area contributed by atoms with Crippen molar-refractivity contribution >= 4 is 24.8 Å². The number of likely N-dealkylation sites (tertiary alicyclic amines) is 1. The van der Waals surface area contributed by atoms with Crippen molar-refractivity contribution < 1.29 is 13.2 Å². The highest BCUT2D eigenvalue weighted by molar-refractivity contribution is 5.85. The van der Waals surface area contributed by atoms with E-state index >= 15 is 0 Å². The van der Waals surface area contributed by atoms with Crippen LogP contribution in [0.3, 0.4) is 0 Å². The van der Waals surface area contributed by atoms with Gasteiger partial charge in [-0.2, -0.15) is 18.3 Å². The van der Waals surface area contributed by atoms with Crippen LogP contribution in [0.2, 0.25) is 0 Å². The Morgan fingerprint density at radius 3 is 2.32 bits per heavy atom. The van der Waals surface area contributed by atoms with Gasteiger partial charge >= 0.3 is 6.18 Å². The Balaban J connectivity index is 0.00000220. The van der Waals surface area contributed by atoms with E-state index in [1.807, 2.05) is 7.05 Å². The lowest BCUT2D eigenvalue weighted by atomic mass is 10.0. The molecule has 0 amide bonds. The van der Waals surface area contributed by atoms with Crippen LogP contribution in [-0.4, -0.2) is 40.4 Å². The van der Waals surface area contributed by atoms with Gasteiger partial charge in [0.1, 0.15) is 0 Å². The molecule has 9 heteroatoms. The molecule has 4 nitrogen and oxygen atoms in total. The van der Waals surface area contributed by atoms with E-state index in [4.69, 9.17) is 5.73 Å². The number of hydrogen-bond acceptors (Lipinski definition) is 3. The molecule has 1 aromatic heterocycles. The Kier molecular flexibility index (Phi) is 7.21. The fraction of sp³-hybridized carbons (Fsp3) is 0.769. The zero-order chi connectivity index (χ0) is 15.1. The molecular weight excluding hydrogens is 340 g/mol. The Morgan fingerprint density at radius 2 is 1.91 bits per heavy atom. The number of aromatic nitrogens is 2. The fourth-order valence-electron chi connectivity index (χ4n) is 2.59. The van der Waals surface area contributed by atoms with E-state index in [1.165, 1.54) is 10.7 Å². The van der Waals surface area contributed by atoms with Crippen LogP contribution < -0.4 is 5.73 Å². The van der Waals surface area contributed by atoms with Crippen LogP contribution in [0.1, 0.15) is 37.6 Å². The molecule has 0 radical (unpaired) electrons. The predicted molar refractivity (Wildman–Crippen MR) is 84.8 cm³/mol. The zero-order valence-electron chi connectivity index (χ0n) is 12.9. The highest BCUT2D eigenvalue weighted by atomic mass is 35.5. The average Bonchev–Trinajstić information content (AvgIpc) is 2.81. The average molecular weight is 363 g/mol. The molecule has 1 atom stereocenters. The van der Waals surface area contributed by atoms with E-state index < -0.39 is 17.4 Å². The van der Waals surface area contributed by atoms with Crippen molar-refractivity contribution in [3.8, 4) is 0 Å². The van der Waals surface area contributed by atoms with Crippen LogP contribution in [0.25, 0.3) is 0 Å². The molecule has 1 fully saturated rings. The molecule has 0 spiro atoms. The Hall–Kier alpha value is -0.500. The topological polar surface area (TPSA) is 47.1 Å². The first-order valence-corrected chi connectivity index (χ1v) is 6.68. The van der Waals surface area contributed by atoms with Crippen molar-refractivity contribution in [1.29, 1.82) is 0 Å². The van der Waals surface area contributed by atoms with Gasteiger partial charge in [-0.3, -0.25) is 4.68 Å². The Labute approximate surface area is 141 Å². The molecule has 1 aromatic rings. The maximum absolute atomic E-state index is 12.9. The van der Waals surface area contributed by atoms with Gasteiger partial charge in [0, 0.05) is 23.7 Å². The van der Waals surface area contributed by atoms with Crippen molar-refractivity contribution in [2.45, 2.75) is 44.4 Å². The molecule has 2 rings (SSSR count). The van der Waals surface area contributed by atoms with Crippen LogP contribution >= 0.6 is 24.8 Å². The number of halogens is 5. The van der Waals surface area contributed by atoms with Gasteiger partial charge in [-0.15, -0.1) is 24.8 Å². The van der Waals surface area contributed by atoms with E-state index in [0.29, 0.717) is 5.69 Å². The third kappa shape index (κ3) is 5.30. The second-order valence-corrected chi connectivity index (χ2v) is 6.35. The van der Waals surface area contributed by atoms with Gasteiger partial charge in [0.15, 0.2) is 5.69 Å². The summed E-state index contributed by atoms with van der Waals surface area (Å²) in [4.78, 5) is 2.11. The first-order valence-electron chi connectivity index (χ1n) is 6.68. The third-order valence-electron chi connectivity index (χ3n) is 3.47. The zero-order valence-corrected chi connectivity index (χ0v) is 14.5. The Bertz CT molecular complexity index is 483. The molecule has 1 saturated heterocycles. The first-order chi connectivity index (χ1) is 9.06. The molecule has 1 aliphatic rings. The maximum Gasteiger partial charge on any atom is 0.435 e. The molecule has 0 aliphatic carbocycles. The molecule has 0 saturated carbocycles. The van der Waals surface area contributed by atoms with Gasteiger partial charge in [0.2, 0.25) is 0 Å². The van der Waals surface area contributed by atoms with Crippen LogP contribution in [0.15, 0.2) is 6.07 Å². The summed E-state index contributed by atoms with van der Waals surface area (Å²) in [5, 5.41) is 3.73. The summed E-state index contributed by atoms with van der Waals surface area (Å²) in [7, 11) is 1.97. The lowest BCUT2D eigenvalue weighted by Gasteiger charge is -2.21. The molecule has 2 heterocycles. The van der Waals surface area contributed by atoms with Crippen LogP contribution in [0, 0.1) is 0 Å². The molecule has 2 N–H and O–H groups in total. The highest BCUT2D eigenvalue weighted by Crippen LogP contribution is 2.33. The van der Waals surface area contributed by atoms with Crippen LogP contribution in [0.5, 0.6) is 0 Å². The van der Waals surface area contributed by atoms with Gasteiger partial charge < -0.3 is 10.6 Å². The quantitative estimate of drug-likeness (QED) is 0.899. The maximum atomic E-state index is 12.9. The van der Waals surface area contributed by atoms with Crippen LogP contribution in [-0.2, 0) is 12.7 Å². The van der Waals surface area contributed by atoms with Crippen molar-refractivity contribution in [3.05, 3.63) is 17.5 Å². The number of likely N-dealkylation sites (N-methyl/N-ethyl adjacent to an activating group) is 1. The highest BCUT2D eigenvalue weighted by Gasteiger charge is 2.37. The lowest BCUT2D eigenvalue weighted by molar-refractivity contribution is -0.141. The minimum Gasteiger partial charge on any atom is -0.324 e. The molecule has 22 heavy (non-hydrogen) atoms. The van der Waals surface area contributed by atoms with Crippen molar-refractivity contribution in [2.75, 3.05) is 20.1 Å². The third-order valence-corrected chi connectivity index (χ3v) is 3.47. The summed E-state index contributed by atoms with van der Waals surface area (Å²) in [6, 6.07) is 1.18. The van der Waals surface area contributed by atoms with Crippen molar-refractivity contribution in [3.63, 3.8) is 0 Å².